The summed E-state index contributed by atoms with van der Waals surface area (Å²) >= 11 is 1.53. The Morgan fingerprint density at radius 1 is 1.00 bits per heavy atom. The van der Waals surface area contributed by atoms with E-state index in [1.807, 2.05) is 22.4 Å². The van der Waals surface area contributed by atoms with E-state index in [-0.39, 0.29) is 17.6 Å². The van der Waals surface area contributed by atoms with Crippen LogP contribution in [-0.4, -0.2) is 69.1 Å². The van der Waals surface area contributed by atoms with E-state index in [0.29, 0.717) is 48.8 Å². The Balaban J connectivity index is 1.49. The van der Waals surface area contributed by atoms with Crippen LogP contribution in [-0.2, 0) is 4.79 Å². The summed E-state index contributed by atoms with van der Waals surface area (Å²) in [5.41, 5.74) is 2.04. The number of halogens is 1. The lowest BCUT2D eigenvalue weighted by Gasteiger charge is -2.43. The summed E-state index contributed by atoms with van der Waals surface area (Å²) in [5.74, 6) is -0.106. The van der Waals surface area contributed by atoms with E-state index in [4.69, 9.17) is 9.47 Å². The third-order valence-corrected chi connectivity index (χ3v) is 8.00. The lowest BCUT2D eigenvalue weighted by Crippen LogP contribution is -2.53. The first kappa shape index (κ1) is 24.1. The molecule has 1 saturated heterocycles. The van der Waals surface area contributed by atoms with E-state index in [0.717, 1.165) is 10.6 Å². The Morgan fingerprint density at radius 3 is 2.28 bits per heavy atom. The number of fused-ring (bicyclic) bond motifs is 1. The highest BCUT2D eigenvalue weighted by Crippen LogP contribution is 2.47. The maximum atomic E-state index is 14.2. The van der Waals surface area contributed by atoms with Crippen molar-refractivity contribution < 1.29 is 23.5 Å². The third-order valence-electron chi connectivity index (χ3n) is 7.06. The van der Waals surface area contributed by atoms with Gasteiger partial charge in [-0.25, -0.2) is 4.39 Å². The zero-order chi connectivity index (χ0) is 25.4. The Hall–Kier alpha value is -3.59. The smallest absolute Gasteiger partial charge is 0.254 e. The number of piperazine rings is 1. The van der Waals surface area contributed by atoms with Gasteiger partial charge in [0.15, 0.2) is 11.5 Å². The molecule has 0 saturated carbocycles. The minimum atomic E-state index is -0.585. The van der Waals surface area contributed by atoms with E-state index in [9.17, 15) is 14.0 Å². The molecule has 2 aromatic carbocycles. The van der Waals surface area contributed by atoms with Gasteiger partial charge in [-0.2, -0.15) is 0 Å². The Kier molecular flexibility index (Phi) is 6.57. The van der Waals surface area contributed by atoms with Gasteiger partial charge in [-0.1, -0.05) is 6.07 Å². The molecular formula is C27H28FN3O4S. The summed E-state index contributed by atoms with van der Waals surface area (Å²) < 4.78 is 24.3. The molecular weight excluding hydrogens is 481 g/mol. The van der Waals surface area contributed by atoms with Crippen LogP contribution < -0.4 is 14.4 Å². The number of amides is 2. The first-order valence-electron chi connectivity index (χ1n) is 11.8. The number of ether oxygens (including phenoxy) is 2. The maximum Gasteiger partial charge on any atom is 0.254 e. The molecule has 0 spiro atoms. The van der Waals surface area contributed by atoms with Gasteiger partial charge in [-0.3, -0.25) is 9.59 Å². The zero-order valence-corrected chi connectivity index (χ0v) is 21.3. The van der Waals surface area contributed by atoms with Crippen LogP contribution in [0.4, 0.5) is 10.1 Å². The highest BCUT2D eigenvalue weighted by molar-refractivity contribution is 7.10. The first-order chi connectivity index (χ1) is 17.4. The Labute approximate surface area is 213 Å². The number of methoxy groups -OCH3 is 2. The van der Waals surface area contributed by atoms with E-state index in [1.165, 1.54) is 30.6 Å². The largest absolute Gasteiger partial charge is 0.493 e. The van der Waals surface area contributed by atoms with Gasteiger partial charge in [-0.15, -0.1) is 11.3 Å². The van der Waals surface area contributed by atoms with E-state index >= 15 is 0 Å². The molecule has 3 aromatic rings. The minimum Gasteiger partial charge on any atom is -0.493 e. The molecule has 2 aliphatic rings. The molecule has 2 aliphatic heterocycles. The average Bonchev–Trinajstić information content (AvgIpc) is 3.44. The topological polar surface area (TPSA) is 62.3 Å². The fourth-order valence-corrected chi connectivity index (χ4v) is 6.07. The molecule has 1 aromatic heterocycles. The predicted octanol–water partition coefficient (Wildman–Crippen LogP) is 4.16. The van der Waals surface area contributed by atoms with Gasteiger partial charge < -0.3 is 24.2 Å². The number of carbonyl (C=O) groups excluding carboxylic acids is 2. The number of nitrogens with zero attached hydrogens (tertiary/aromatic N) is 3. The fourth-order valence-electron chi connectivity index (χ4n) is 5.16. The van der Waals surface area contributed by atoms with E-state index in [1.54, 1.807) is 43.3 Å². The van der Waals surface area contributed by atoms with Crippen molar-refractivity contribution in [3.63, 3.8) is 0 Å². The Bertz CT molecular complexity index is 1260. The van der Waals surface area contributed by atoms with E-state index < -0.39 is 12.0 Å². The zero-order valence-electron chi connectivity index (χ0n) is 20.4. The van der Waals surface area contributed by atoms with Gasteiger partial charge in [-0.05, 0) is 53.4 Å². The monoisotopic (exact) mass is 509 g/mol. The molecule has 0 aliphatic carbocycles. The van der Waals surface area contributed by atoms with Gasteiger partial charge in [0.25, 0.3) is 5.91 Å². The molecule has 9 heteroatoms. The number of likely N-dealkylation sites (N-methyl/N-ethyl adjacent to an activating group) is 1. The molecule has 1 fully saturated rings. The van der Waals surface area contributed by atoms with Gasteiger partial charge >= 0.3 is 0 Å². The molecule has 2 atom stereocenters. The molecule has 0 bridgehead atoms. The minimum absolute atomic E-state index is 0.0278. The van der Waals surface area contributed by atoms with Crippen LogP contribution in [0, 0.1) is 5.82 Å². The number of anilines is 1. The SMILES string of the molecule is COc1cc2c(cc1OC)[C@@H](C(=O)N1CCN(c3ccc(F)cc3)CC1)[C@@H](c1cccs1)N(C)C2=O. The summed E-state index contributed by atoms with van der Waals surface area (Å²) in [5, 5.41) is 1.96. The fraction of sp³-hybridized carbons (Fsp3) is 0.333. The van der Waals surface area contributed by atoms with Crippen molar-refractivity contribution in [3.8, 4) is 11.5 Å². The highest BCUT2D eigenvalue weighted by atomic mass is 32.1. The summed E-state index contributed by atoms with van der Waals surface area (Å²) in [6, 6.07) is 13.3. The van der Waals surface area contributed by atoms with Gasteiger partial charge in [0.05, 0.1) is 26.2 Å². The number of hydrogen-bond acceptors (Lipinski definition) is 6. The third kappa shape index (κ3) is 4.17. The van der Waals surface area contributed by atoms with Gasteiger partial charge in [0.2, 0.25) is 5.91 Å². The molecule has 5 rings (SSSR count). The van der Waals surface area contributed by atoms with Crippen LogP contribution in [0.25, 0.3) is 0 Å². The number of thiophene rings is 1. The van der Waals surface area contributed by atoms with Crippen LogP contribution >= 0.6 is 11.3 Å². The average molecular weight is 510 g/mol. The molecule has 36 heavy (non-hydrogen) atoms. The maximum absolute atomic E-state index is 14.2. The lowest BCUT2D eigenvalue weighted by atomic mass is 9.81. The predicted molar refractivity (Wildman–Crippen MR) is 137 cm³/mol. The second-order valence-corrected chi connectivity index (χ2v) is 9.92. The number of rotatable bonds is 5. The number of benzene rings is 2. The highest BCUT2D eigenvalue weighted by Gasteiger charge is 2.45. The quantitative estimate of drug-likeness (QED) is 0.517. The van der Waals surface area contributed by atoms with Crippen molar-refractivity contribution in [2.45, 2.75) is 12.0 Å². The molecule has 0 radical (unpaired) electrons. The van der Waals surface area contributed by atoms with Crippen molar-refractivity contribution in [1.29, 1.82) is 0 Å². The molecule has 0 unspecified atom stereocenters. The summed E-state index contributed by atoms with van der Waals surface area (Å²) in [4.78, 5) is 34.2. The van der Waals surface area contributed by atoms with Crippen LogP contribution in [0.2, 0.25) is 0 Å². The molecule has 3 heterocycles. The molecule has 188 valence electrons. The van der Waals surface area contributed by atoms with Crippen molar-refractivity contribution in [2.75, 3.05) is 52.3 Å². The van der Waals surface area contributed by atoms with Crippen LogP contribution in [0.3, 0.4) is 0 Å². The van der Waals surface area contributed by atoms with Gasteiger partial charge in [0, 0.05) is 49.4 Å². The lowest BCUT2D eigenvalue weighted by molar-refractivity contribution is -0.134. The number of carbonyl (C=O) groups is 2. The van der Waals surface area contributed by atoms with Crippen LogP contribution in [0.15, 0.2) is 53.9 Å². The van der Waals surface area contributed by atoms with Crippen molar-refractivity contribution >= 4 is 28.8 Å². The summed E-state index contributed by atoms with van der Waals surface area (Å²) in [6.07, 6.45) is 0. The van der Waals surface area contributed by atoms with Crippen molar-refractivity contribution in [2.24, 2.45) is 0 Å². The molecule has 7 nitrogen and oxygen atoms in total. The molecule has 2 amide bonds. The second-order valence-electron chi connectivity index (χ2n) is 8.94. The number of hydrogen-bond donors (Lipinski definition) is 0. The van der Waals surface area contributed by atoms with Crippen molar-refractivity contribution in [1.82, 2.24) is 9.80 Å². The normalized spacial score (nSPS) is 19.8. The van der Waals surface area contributed by atoms with Crippen LogP contribution in [0.1, 0.15) is 32.8 Å². The van der Waals surface area contributed by atoms with E-state index in [2.05, 4.69) is 4.90 Å². The van der Waals surface area contributed by atoms with Gasteiger partial charge in [0.1, 0.15) is 5.82 Å². The Morgan fingerprint density at radius 2 is 1.67 bits per heavy atom. The standard InChI is InChI=1S/C27H28FN3O4S/c1-29-25(23-5-4-14-36-23)24(19-15-21(34-2)22(35-3)16-20(19)26(29)32)27(33)31-12-10-30(11-13-31)18-8-6-17(28)7-9-18/h4-9,14-16,24-25H,10-13H2,1-3H3/t24-,25-/m1/s1. The summed E-state index contributed by atoms with van der Waals surface area (Å²) in [6.45, 7) is 2.34. The summed E-state index contributed by atoms with van der Waals surface area (Å²) in [7, 11) is 4.82. The van der Waals surface area contributed by atoms with Crippen molar-refractivity contribution in [3.05, 3.63) is 75.7 Å². The first-order valence-corrected chi connectivity index (χ1v) is 12.7. The van der Waals surface area contributed by atoms with Crippen LogP contribution in [0.5, 0.6) is 11.5 Å². The second kappa shape index (κ2) is 9.81. The molecule has 0 N–H and O–H groups in total.